The molecule has 0 saturated heterocycles. The first-order valence-electron chi connectivity index (χ1n) is 9.99. The van der Waals surface area contributed by atoms with Gasteiger partial charge in [0, 0.05) is 17.8 Å². The zero-order valence-corrected chi connectivity index (χ0v) is 19.9. The Kier molecular flexibility index (Phi) is 6.44. The van der Waals surface area contributed by atoms with Gasteiger partial charge in [-0.25, -0.2) is 16.8 Å². The van der Waals surface area contributed by atoms with Gasteiger partial charge in [0.2, 0.25) is 0 Å². The molecule has 34 heavy (non-hydrogen) atoms. The van der Waals surface area contributed by atoms with E-state index < -0.39 is 20.0 Å². The predicted octanol–water partition coefficient (Wildman–Crippen LogP) is 3.08. The van der Waals surface area contributed by atoms with E-state index in [1.165, 1.54) is 62.8 Å². The molecule has 0 unspecified atom stereocenters. The molecule has 3 aromatic carbocycles. The van der Waals surface area contributed by atoms with Gasteiger partial charge < -0.3 is 18.9 Å². The largest absolute Gasteiger partial charge is 0.497 e. The number of benzene rings is 3. The third-order valence-corrected chi connectivity index (χ3v) is 7.65. The lowest BCUT2D eigenvalue weighted by Gasteiger charge is -2.19. The number of fused-ring (bicyclic) bond motifs is 1. The lowest BCUT2D eigenvalue weighted by atomic mass is 10.3. The van der Waals surface area contributed by atoms with Crippen LogP contribution >= 0.6 is 0 Å². The van der Waals surface area contributed by atoms with Crippen LogP contribution in [0, 0.1) is 0 Å². The van der Waals surface area contributed by atoms with Crippen LogP contribution in [0.4, 0.5) is 11.4 Å². The Morgan fingerprint density at radius 2 is 1.35 bits per heavy atom. The second-order valence-electron chi connectivity index (χ2n) is 7.11. The number of sulfonamides is 2. The molecule has 0 amide bonds. The molecule has 10 nitrogen and oxygen atoms in total. The maximum Gasteiger partial charge on any atom is 0.262 e. The highest BCUT2D eigenvalue weighted by Gasteiger charge is 2.21. The van der Waals surface area contributed by atoms with Gasteiger partial charge in [-0.1, -0.05) is 0 Å². The number of ether oxygens (including phenoxy) is 4. The summed E-state index contributed by atoms with van der Waals surface area (Å²) in [6.45, 7) is 0.724. The monoisotopic (exact) mass is 506 g/mol. The second kappa shape index (κ2) is 9.31. The molecule has 4 rings (SSSR count). The fraction of sp³-hybridized carbons (Fsp3) is 0.182. The van der Waals surface area contributed by atoms with Crippen molar-refractivity contribution in [1.29, 1.82) is 0 Å². The number of anilines is 2. The van der Waals surface area contributed by atoms with E-state index in [4.69, 9.17) is 18.9 Å². The van der Waals surface area contributed by atoms with Crippen LogP contribution in [0.25, 0.3) is 0 Å². The summed E-state index contributed by atoms with van der Waals surface area (Å²) < 4.78 is 77.3. The van der Waals surface area contributed by atoms with Crippen molar-refractivity contribution >= 4 is 31.4 Å². The molecule has 0 fully saturated rings. The SMILES string of the molecule is COc1ccc(OC)c(NS(=O)(=O)c2ccc(NS(=O)(=O)c3ccc4c(c3)OCCO4)cc2)c1. The number of methoxy groups -OCH3 is 2. The van der Waals surface area contributed by atoms with E-state index in [-0.39, 0.29) is 21.2 Å². The normalized spacial score (nSPS) is 13.1. The van der Waals surface area contributed by atoms with Crippen LogP contribution in [0.15, 0.2) is 70.5 Å². The summed E-state index contributed by atoms with van der Waals surface area (Å²) in [5.74, 6) is 1.57. The summed E-state index contributed by atoms with van der Waals surface area (Å²) in [7, 11) is -5.05. The molecule has 0 atom stereocenters. The molecule has 0 aromatic heterocycles. The average Bonchev–Trinajstić information content (AvgIpc) is 2.83. The molecule has 0 aliphatic carbocycles. The molecule has 0 spiro atoms. The third kappa shape index (κ3) is 4.97. The standard InChI is InChI=1S/C22H22N2O8S2/c1-29-16-5-9-20(30-2)19(13-16)24-33(25,26)17-6-3-15(4-7-17)23-34(27,28)18-8-10-21-22(14-18)32-12-11-31-21/h3-10,13-14,23-24H,11-12H2,1-2H3. The van der Waals surface area contributed by atoms with Crippen molar-refractivity contribution in [3.8, 4) is 23.0 Å². The molecular formula is C22H22N2O8S2. The maximum absolute atomic E-state index is 12.9. The highest BCUT2D eigenvalue weighted by atomic mass is 32.2. The van der Waals surface area contributed by atoms with Crippen molar-refractivity contribution in [2.45, 2.75) is 9.79 Å². The van der Waals surface area contributed by atoms with Crippen LogP contribution in [-0.4, -0.2) is 44.3 Å². The van der Waals surface area contributed by atoms with Crippen LogP contribution in [0.5, 0.6) is 23.0 Å². The summed E-state index contributed by atoms with van der Waals surface area (Å²) in [5, 5.41) is 0. The van der Waals surface area contributed by atoms with Gasteiger partial charge in [0.1, 0.15) is 24.7 Å². The van der Waals surface area contributed by atoms with Crippen LogP contribution in [0.3, 0.4) is 0 Å². The second-order valence-corrected chi connectivity index (χ2v) is 10.5. The first kappa shape index (κ1) is 23.5. The maximum atomic E-state index is 12.9. The molecule has 180 valence electrons. The lowest BCUT2D eigenvalue weighted by Crippen LogP contribution is -2.17. The Labute approximate surface area is 197 Å². The molecule has 1 aliphatic rings. The van der Waals surface area contributed by atoms with E-state index in [0.29, 0.717) is 36.2 Å². The number of hydrogen-bond acceptors (Lipinski definition) is 8. The Balaban J connectivity index is 1.53. The van der Waals surface area contributed by atoms with Crippen molar-refractivity contribution in [1.82, 2.24) is 0 Å². The molecule has 0 saturated carbocycles. The van der Waals surface area contributed by atoms with Gasteiger partial charge in [0.25, 0.3) is 20.0 Å². The summed E-state index contributed by atoms with van der Waals surface area (Å²) in [6, 6.07) is 14.3. The number of rotatable bonds is 8. The molecule has 2 N–H and O–H groups in total. The van der Waals surface area contributed by atoms with Gasteiger partial charge >= 0.3 is 0 Å². The quantitative estimate of drug-likeness (QED) is 0.477. The van der Waals surface area contributed by atoms with E-state index in [0.717, 1.165) is 0 Å². The zero-order chi connectivity index (χ0) is 24.3. The third-order valence-electron chi connectivity index (χ3n) is 4.89. The van der Waals surface area contributed by atoms with E-state index in [9.17, 15) is 16.8 Å². The van der Waals surface area contributed by atoms with Crippen LogP contribution in [0.2, 0.25) is 0 Å². The minimum atomic E-state index is -3.99. The minimum Gasteiger partial charge on any atom is -0.497 e. The summed E-state index contributed by atoms with van der Waals surface area (Å²) in [4.78, 5) is -0.0834. The Morgan fingerprint density at radius 3 is 2.03 bits per heavy atom. The first-order chi connectivity index (χ1) is 16.2. The van der Waals surface area contributed by atoms with Crippen molar-refractivity contribution < 1.29 is 35.8 Å². The molecule has 0 radical (unpaired) electrons. The lowest BCUT2D eigenvalue weighted by molar-refractivity contribution is 0.171. The Morgan fingerprint density at radius 1 is 0.706 bits per heavy atom. The van der Waals surface area contributed by atoms with Crippen LogP contribution in [0.1, 0.15) is 0 Å². The smallest absolute Gasteiger partial charge is 0.262 e. The van der Waals surface area contributed by atoms with E-state index >= 15 is 0 Å². The Hall–Kier alpha value is -3.64. The average molecular weight is 507 g/mol. The highest BCUT2D eigenvalue weighted by molar-refractivity contribution is 7.93. The zero-order valence-electron chi connectivity index (χ0n) is 18.3. The fourth-order valence-electron chi connectivity index (χ4n) is 3.20. The summed E-state index contributed by atoms with van der Waals surface area (Å²) in [6.07, 6.45) is 0. The van der Waals surface area contributed by atoms with Gasteiger partial charge in [-0.2, -0.15) is 0 Å². The van der Waals surface area contributed by atoms with Gasteiger partial charge in [0.05, 0.1) is 29.7 Å². The molecule has 1 aliphatic heterocycles. The van der Waals surface area contributed by atoms with Gasteiger partial charge in [-0.05, 0) is 48.5 Å². The van der Waals surface area contributed by atoms with Crippen LogP contribution < -0.4 is 28.4 Å². The predicted molar refractivity (Wildman–Crippen MR) is 125 cm³/mol. The highest BCUT2D eigenvalue weighted by Crippen LogP contribution is 2.33. The molecule has 12 heteroatoms. The first-order valence-corrected chi connectivity index (χ1v) is 13.0. The molecule has 3 aromatic rings. The van der Waals surface area contributed by atoms with Crippen molar-refractivity contribution in [3.05, 3.63) is 60.7 Å². The van der Waals surface area contributed by atoms with Crippen molar-refractivity contribution in [3.63, 3.8) is 0 Å². The van der Waals surface area contributed by atoms with Gasteiger partial charge in [-0.15, -0.1) is 0 Å². The summed E-state index contributed by atoms with van der Waals surface area (Å²) >= 11 is 0. The summed E-state index contributed by atoms with van der Waals surface area (Å²) in [5.41, 5.74) is 0.387. The minimum absolute atomic E-state index is 0.0137. The van der Waals surface area contributed by atoms with Crippen molar-refractivity contribution in [2.24, 2.45) is 0 Å². The molecule has 0 bridgehead atoms. The van der Waals surface area contributed by atoms with Gasteiger partial charge in [0.15, 0.2) is 11.5 Å². The number of hydrogen-bond donors (Lipinski definition) is 2. The topological polar surface area (TPSA) is 129 Å². The van der Waals surface area contributed by atoms with Crippen molar-refractivity contribution in [2.75, 3.05) is 36.9 Å². The Bertz CT molecular complexity index is 1410. The fourth-order valence-corrected chi connectivity index (χ4v) is 5.34. The van der Waals surface area contributed by atoms with Gasteiger partial charge in [-0.3, -0.25) is 9.44 Å². The molecule has 1 heterocycles. The van der Waals surface area contributed by atoms with Crippen LogP contribution in [-0.2, 0) is 20.0 Å². The van der Waals surface area contributed by atoms with E-state index in [1.807, 2.05) is 0 Å². The van der Waals surface area contributed by atoms with E-state index in [2.05, 4.69) is 9.44 Å². The molecular weight excluding hydrogens is 484 g/mol. The number of nitrogens with one attached hydrogen (secondary N) is 2. The van der Waals surface area contributed by atoms with E-state index in [1.54, 1.807) is 12.1 Å².